The Hall–Kier alpha value is -3.32. The molecule has 0 unspecified atom stereocenters. The smallest absolute Gasteiger partial charge is 0.258 e. The van der Waals surface area contributed by atoms with Crippen LogP contribution in [0.1, 0.15) is 10.4 Å². The van der Waals surface area contributed by atoms with Gasteiger partial charge in [-0.3, -0.25) is 4.79 Å². The summed E-state index contributed by atoms with van der Waals surface area (Å²) in [5, 5.41) is 6.19. The Kier molecular flexibility index (Phi) is 5.73. The van der Waals surface area contributed by atoms with Gasteiger partial charge < -0.3 is 20.1 Å². The number of carbonyl (C=O) groups is 1. The first-order valence-corrected chi connectivity index (χ1v) is 8.35. The van der Waals surface area contributed by atoms with Crippen LogP contribution in [0.5, 0.6) is 11.5 Å². The van der Waals surface area contributed by atoms with Crippen molar-refractivity contribution in [1.29, 1.82) is 0 Å². The summed E-state index contributed by atoms with van der Waals surface area (Å²) < 4.78 is 10.4. The van der Waals surface area contributed by atoms with Crippen molar-refractivity contribution in [2.75, 3.05) is 24.9 Å². The number of amides is 1. The summed E-state index contributed by atoms with van der Waals surface area (Å²) in [6.07, 6.45) is 2.87. The lowest BCUT2D eigenvalue weighted by Gasteiger charge is -2.10. The topological polar surface area (TPSA) is 85.4 Å². The van der Waals surface area contributed by atoms with Gasteiger partial charge in [0.05, 0.1) is 30.5 Å². The molecule has 138 valence electrons. The van der Waals surface area contributed by atoms with Gasteiger partial charge >= 0.3 is 0 Å². The maximum absolute atomic E-state index is 12.3. The molecule has 0 aliphatic heterocycles. The number of aromatic nitrogens is 2. The summed E-state index contributed by atoms with van der Waals surface area (Å²) in [6, 6.07) is 12.4. The van der Waals surface area contributed by atoms with Crippen molar-refractivity contribution >= 4 is 34.8 Å². The van der Waals surface area contributed by atoms with Crippen molar-refractivity contribution in [3.63, 3.8) is 0 Å². The first-order chi connectivity index (χ1) is 13.1. The van der Waals surface area contributed by atoms with Crippen LogP contribution in [0.25, 0.3) is 0 Å². The Morgan fingerprint density at radius 2 is 1.70 bits per heavy atom. The van der Waals surface area contributed by atoms with Crippen LogP contribution in [0, 0.1) is 0 Å². The van der Waals surface area contributed by atoms with Gasteiger partial charge in [0.1, 0.15) is 11.5 Å². The summed E-state index contributed by atoms with van der Waals surface area (Å²) in [4.78, 5) is 20.7. The molecule has 0 radical (unpaired) electrons. The van der Waals surface area contributed by atoms with E-state index in [2.05, 4.69) is 20.6 Å². The van der Waals surface area contributed by atoms with Crippen LogP contribution in [-0.2, 0) is 0 Å². The van der Waals surface area contributed by atoms with E-state index in [4.69, 9.17) is 21.1 Å². The monoisotopic (exact) mass is 384 g/mol. The lowest BCUT2D eigenvalue weighted by atomic mass is 10.2. The zero-order valence-electron chi connectivity index (χ0n) is 14.7. The molecule has 0 saturated carbocycles. The Morgan fingerprint density at radius 3 is 2.37 bits per heavy atom. The quantitative estimate of drug-likeness (QED) is 0.664. The van der Waals surface area contributed by atoms with Crippen molar-refractivity contribution in [3.8, 4) is 11.5 Å². The zero-order chi connectivity index (χ0) is 19.2. The second-order valence-corrected chi connectivity index (χ2v) is 5.83. The van der Waals surface area contributed by atoms with E-state index in [0.29, 0.717) is 33.7 Å². The molecule has 2 N–H and O–H groups in total. The number of benzene rings is 2. The number of methoxy groups -OCH3 is 2. The standard InChI is InChI=1S/C19H17ClN4O3/c1-26-16-8-7-13(9-14(16)20)23-18(25)12-10-21-19(22-11-12)24-15-5-3-4-6-17(15)27-2/h3-11H,1-2H3,(H,23,25)(H,21,22,24). The number of carbonyl (C=O) groups excluding carboxylic acids is 1. The number of nitrogens with one attached hydrogen (secondary N) is 2. The minimum Gasteiger partial charge on any atom is -0.495 e. The average molecular weight is 385 g/mol. The minimum absolute atomic E-state index is 0.313. The fourth-order valence-corrected chi connectivity index (χ4v) is 2.58. The number of nitrogens with zero attached hydrogens (tertiary/aromatic N) is 2. The van der Waals surface area contributed by atoms with Gasteiger partial charge in [-0.05, 0) is 30.3 Å². The lowest BCUT2D eigenvalue weighted by molar-refractivity contribution is 0.102. The van der Waals surface area contributed by atoms with E-state index >= 15 is 0 Å². The van der Waals surface area contributed by atoms with E-state index in [-0.39, 0.29) is 5.91 Å². The largest absolute Gasteiger partial charge is 0.495 e. The molecule has 0 spiro atoms. The number of anilines is 3. The van der Waals surface area contributed by atoms with E-state index in [9.17, 15) is 4.79 Å². The third kappa shape index (κ3) is 4.45. The molecule has 0 aliphatic carbocycles. The summed E-state index contributed by atoms with van der Waals surface area (Å²) in [6.45, 7) is 0. The second kappa shape index (κ2) is 8.37. The Morgan fingerprint density at radius 1 is 1.00 bits per heavy atom. The van der Waals surface area contributed by atoms with E-state index < -0.39 is 0 Å². The van der Waals surface area contributed by atoms with E-state index in [1.807, 2.05) is 24.3 Å². The van der Waals surface area contributed by atoms with Crippen LogP contribution in [-0.4, -0.2) is 30.1 Å². The molecule has 0 aliphatic rings. The van der Waals surface area contributed by atoms with Crippen LogP contribution in [0.2, 0.25) is 5.02 Å². The molecular weight excluding hydrogens is 368 g/mol. The van der Waals surface area contributed by atoms with Crippen molar-refractivity contribution in [1.82, 2.24) is 9.97 Å². The van der Waals surface area contributed by atoms with Gasteiger partial charge in [0.25, 0.3) is 5.91 Å². The van der Waals surface area contributed by atoms with Crippen LogP contribution < -0.4 is 20.1 Å². The highest BCUT2D eigenvalue weighted by Gasteiger charge is 2.10. The van der Waals surface area contributed by atoms with Gasteiger partial charge in [-0.25, -0.2) is 9.97 Å². The molecule has 0 atom stereocenters. The van der Waals surface area contributed by atoms with Gasteiger partial charge in [0, 0.05) is 18.1 Å². The van der Waals surface area contributed by atoms with Gasteiger partial charge in [0.2, 0.25) is 5.95 Å². The normalized spacial score (nSPS) is 10.2. The molecule has 3 aromatic rings. The Bertz CT molecular complexity index is 948. The summed E-state index contributed by atoms with van der Waals surface area (Å²) >= 11 is 6.06. The SMILES string of the molecule is COc1ccc(NC(=O)c2cnc(Nc3ccccc3OC)nc2)cc1Cl. The second-order valence-electron chi connectivity index (χ2n) is 5.42. The van der Waals surface area contributed by atoms with Crippen molar-refractivity contribution in [3.05, 3.63) is 65.4 Å². The van der Waals surface area contributed by atoms with Crippen LogP contribution in [0.4, 0.5) is 17.3 Å². The summed E-state index contributed by atoms with van der Waals surface area (Å²) in [7, 11) is 3.11. The molecular formula is C19H17ClN4O3. The van der Waals surface area contributed by atoms with E-state index in [1.54, 1.807) is 25.3 Å². The average Bonchev–Trinajstić information content (AvgIpc) is 2.69. The number of para-hydroxylation sites is 2. The number of hydrogen-bond acceptors (Lipinski definition) is 6. The highest BCUT2D eigenvalue weighted by atomic mass is 35.5. The molecule has 0 fully saturated rings. The maximum Gasteiger partial charge on any atom is 0.258 e. The Labute approximate surface area is 161 Å². The first kappa shape index (κ1) is 18.5. The highest BCUT2D eigenvalue weighted by Crippen LogP contribution is 2.28. The number of hydrogen-bond donors (Lipinski definition) is 2. The molecule has 3 rings (SSSR count). The molecule has 1 heterocycles. The molecule has 0 saturated heterocycles. The number of ether oxygens (including phenoxy) is 2. The first-order valence-electron chi connectivity index (χ1n) is 7.97. The Balaban J connectivity index is 1.69. The summed E-state index contributed by atoms with van der Waals surface area (Å²) in [5.74, 6) is 1.20. The van der Waals surface area contributed by atoms with Crippen molar-refractivity contribution < 1.29 is 14.3 Å². The predicted octanol–water partition coefficient (Wildman–Crippen LogP) is 4.14. The third-order valence-electron chi connectivity index (χ3n) is 3.68. The molecule has 7 nitrogen and oxygen atoms in total. The van der Waals surface area contributed by atoms with Crippen molar-refractivity contribution in [2.45, 2.75) is 0 Å². The third-order valence-corrected chi connectivity index (χ3v) is 3.97. The fraction of sp³-hybridized carbons (Fsp3) is 0.105. The molecule has 27 heavy (non-hydrogen) atoms. The summed E-state index contributed by atoms with van der Waals surface area (Å²) in [5.41, 5.74) is 1.58. The van der Waals surface area contributed by atoms with Crippen LogP contribution in [0.15, 0.2) is 54.9 Å². The van der Waals surface area contributed by atoms with E-state index in [1.165, 1.54) is 19.5 Å². The van der Waals surface area contributed by atoms with Gasteiger partial charge in [0.15, 0.2) is 0 Å². The van der Waals surface area contributed by atoms with E-state index in [0.717, 1.165) is 5.69 Å². The zero-order valence-corrected chi connectivity index (χ0v) is 15.4. The predicted molar refractivity (Wildman–Crippen MR) is 104 cm³/mol. The van der Waals surface area contributed by atoms with Crippen molar-refractivity contribution in [2.24, 2.45) is 0 Å². The number of rotatable bonds is 6. The lowest BCUT2D eigenvalue weighted by Crippen LogP contribution is -2.13. The maximum atomic E-state index is 12.3. The highest BCUT2D eigenvalue weighted by molar-refractivity contribution is 6.32. The molecule has 1 amide bonds. The fourth-order valence-electron chi connectivity index (χ4n) is 2.33. The molecule has 0 bridgehead atoms. The molecule has 8 heteroatoms. The molecule has 1 aromatic heterocycles. The van der Waals surface area contributed by atoms with Gasteiger partial charge in [-0.2, -0.15) is 0 Å². The van der Waals surface area contributed by atoms with Crippen LogP contribution in [0.3, 0.4) is 0 Å². The van der Waals surface area contributed by atoms with Gasteiger partial charge in [-0.1, -0.05) is 23.7 Å². The minimum atomic E-state index is -0.347. The van der Waals surface area contributed by atoms with Crippen LogP contribution >= 0.6 is 11.6 Å². The van der Waals surface area contributed by atoms with Gasteiger partial charge in [-0.15, -0.1) is 0 Å². The molecule has 2 aromatic carbocycles. The number of halogens is 1.